The minimum Gasteiger partial charge on any atom is -0.337 e. The Balaban J connectivity index is 1.97. The van der Waals surface area contributed by atoms with Gasteiger partial charge in [-0.05, 0) is 13.8 Å². The first-order valence-corrected chi connectivity index (χ1v) is 5.38. The van der Waals surface area contributed by atoms with Crippen molar-refractivity contribution in [2.75, 3.05) is 0 Å². The third-order valence-corrected chi connectivity index (χ3v) is 2.78. The molecular weight excluding hydrogens is 202 g/mol. The van der Waals surface area contributed by atoms with Gasteiger partial charge in [0.2, 0.25) is 0 Å². The van der Waals surface area contributed by atoms with Gasteiger partial charge in [-0.1, -0.05) is 0 Å². The summed E-state index contributed by atoms with van der Waals surface area (Å²) in [5, 5.41) is 10.3. The number of H-pyrrole nitrogens is 1. The molecule has 16 heavy (non-hydrogen) atoms. The van der Waals surface area contributed by atoms with Crippen LogP contribution >= 0.6 is 0 Å². The predicted octanol–water partition coefficient (Wildman–Crippen LogP) is 1.30. The van der Waals surface area contributed by atoms with Gasteiger partial charge < -0.3 is 9.88 Å². The summed E-state index contributed by atoms with van der Waals surface area (Å²) in [5.74, 6) is 1.04. The first-order chi connectivity index (χ1) is 7.68. The Morgan fingerprint density at radius 1 is 1.56 bits per heavy atom. The van der Waals surface area contributed by atoms with E-state index in [2.05, 4.69) is 27.4 Å². The van der Waals surface area contributed by atoms with Crippen molar-refractivity contribution in [3.63, 3.8) is 0 Å². The zero-order chi connectivity index (χ0) is 11.5. The van der Waals surface area contributed by atoms with Crippen molar-refractivity contribution in [1.82, 2.24) is 25.1 Å². The van der Waals surface area contributed by atoms with E-state index < -0.39 is 0 Å². The van der Waals surface area contributed by atoms with Gasteiger partial charge in [0.1, 0.15) is 5.82 Å². The van der Waals surface area contributed by atoms with E-state index >= 15 is 0 Å². The van der Waals surface area contributed by atoms with Crippen molar-refractivity contribution in [2.24, 2.45) is 7.05 Å². The van der Waals surface area contributed by atoms with Crippen LogP contribution in [0.3, 0.4) is 0 Å². The molecule has 0 aromatic carbocycles. The quantitative estimate of drug-likeness (QED) is 0.815. The van der Waals surface area contributed by atoms with E-state index in [1.54, 1.807) is 0 Å². The number of nitrogens with one attached hydrogen (secondary N) is 2. The first-order valence-electron chi connectivity index (χ1n) is 5.38. The lowest BCUT2D eigenvalue weighted by atomic mass is 10.2. The third kappa shape index (κ3) is 2.14. The summed E-state index contributed by atoms with van der Waals surface area (Å²) >= 11 is 0. The Morgan fingerprint density at radius 3 is 2.94 bits per heavy atom. The van der Waals surface area contributed by atoms with Gasteiger partial charge in [0.15, 0.2) is 0 Å². The summed E-state index contributed by atoms with van der Waals surface area (Å²) in [4.78, 5) is 4.32. The van der Waals surface area contributed by atoms with Crippen LogP contribution in [0.25, 0.3) is 0 Å². The standard InChI is InChI=1S/C11H17N5/c1-8-10(7-14-15-8)6-13-9(2)11-12-4-5-16(11)3/h4-5,7,9,13H,6H2,1-3H3,(H,14,15). The molecule has 0 fully saturated rings. The molecule has 0 saturated heterocycles. The number of aryl methyl sites for hydroxylation is 2. The second kappa shape index (κ2) is 4.49. The van der Waals surface area contributed by atoms with E-state index in [0.717, 1.165) is 18.1 Å². The third-order valence-electron chi connectivity index (χ3n) is 2.78. The highest BCUT2D eigenvalue weighted by molar-refractivity contribution is 5.14. The van der Waals surface area contributed by atoms with Gasteiger partial charge in [0.05, 0.1) is 12.2 Å². The van der Waals surface area contributed by atoms with E-state index in [0.29, 0.717) is 0 Å². The van der Waals surface area contributed by atoms with Crippen LogP contribution in [0.4, 0.5) is 0 Å². The molecule has 2 heterocycles. The molecule has 2 N–H and O–H groups in total. The van der Waals surface area contributed by atoms with E-state index in [9.17, 15) is 0 Å². The number of aromatic amines is 1. The second-order valence-electron chi connectivity index (χ2n) is 4.02. The van der Waals surface area contributed by atoms with Crippen LogP contribution in [-0.2, 0) is 13.6 Å². The van der Waals surface area contributed by atoms with Crippen LogP contribution in [0.2, 0.25) is 0 Å². The summed E-state index contributed by atoms with van der Waals surface area (Å²) in [5.41, 5.74) is 2.31. The Hall–Kier alpha value is -1.62. The van der Waals surface area contributed by atoms with Crippen molar-refractivity contribution < 1.29 is 0 Å². The summed E-state index contributed by atoms with van der Waals surface area (Å²) < 4.78 is 2.03. The lowest BCUT2D eigenvalue weighted by Crippen LogP contribution is -2.21. The molecule has 2 aromatic rings. The molecule has 2 aromatic heterocycles. The Kier molecular flexibility index (Phi) is 3.05. The van der Waals surface area contributed by atoms with Crippen LogP contribution in [0.15, 0.2) is 18.6 Å². The SMILES string of the molecule is Cc1[nH]ncc1CNC(C)c1nccn1C. The Morgan fingerprint density at radius 2 is 2.38 bits per heavy atom. The zero-order valence-electron chi connectivity index (χ0n) is 9.86. The van der Waals surface area contributed by atoms with Gasteiger partial charge in [-0.2, -0.15) is 5.10 Å². The van der Waals surface area contributed by atoms with Crippen molar-refractivity contribution in [3.05, 3.63) is 35.7 Å². The van der Waals surface area contributed by atoms with Crippen molar-refractivity contribution in [1.29, 1.82) is 0 Å². The molecule has 2 rings (SSSR count). The summed E-state index contributed by atoms with van der Waals surface area (Å²) in [6.07, 6.45) is 5.63. The van der Waals surface area contributed by atoms with Gasteiger partial charge in [0.25, 0.3) is 0 Å². The van der Waals surface area contributed by atoms with Crippen LogP contribution in [-0.4, -0.2) is 19.7 Å². The average molecular weight is 219 g/mol. The lowest BCUT2D eigenvalue weighted by molar-refractivity contribution is 0.529. The molecule has 1 atom stereocenters. The van der Waals surface area contributed by atoms with E-state index in [4.69, 9.17) is 0 Å². The lowest BCUT2D eigenvalue weighted by Gasteiger charge is -2.13. The maximum Gasteiger partial charge on any atom is 0.125 e. The molecule has 1 unspecified atom stereocenters. The normalized spacial score (nSPS) is 12.9. The maximum atomic E-state index is 4.32. The number of imidazole rings is 1. The number of rotatable bonds is 4. The molecule has 0 aliphatic carbocycles. The van der Waals surface area contributed by atoms with Crippen molar-refractivity contribution >= 4 is 0 Å². The molecule has 5 heteroatoms. The molecule has 5 nitrogen and oxygen atoms in total. The molecule has 0 aliphatic heterocycles. The first kappa shape index (κ1) is 10.9. The minimum atomic E-state index is 0.231. The smallest absolute Gasteiger partial charge is 0.125 e. The summed E-state index contributed by atoms with van der Waals surface area (Å²) in [6.45, 7) is 4.93. The van der Waals surface area contributed by atoms with Crippen LogP contribution in [0.5, 0.6) is 0 Å². The van der Waals surface area contributed by atoms with Gasteiger partial charge in [-0.15, -0.1) is 0 Å². The summed E-state index contributed by atoms with van der Waals surface area (Å²) in [7, 11) is 2.00. The van der Waals surface area contributed by atoms with Crippen LogP contribution in [0.1, 0.15) is 30.0 Å². The summed E-state index contributed by atoms with van der Waals surface area (Å²) in [6, 6.07) is 0.231. The molecular formula is C11H17N5. The Bertz CT molecular complexity index is 456. The topological polar surface area (TPSA) is 58.5 Å². The second-order valence-corrected chi connectivity index (χ2v) is 4.02. The van der Waals surface area contributed by atoms with Crippen molar-refractivity contribution in [2.45, 2.75) is 26.4 Å². The highest BCUT2D eigenvalue weighted by Gasteiger charge is 2.10. The highest BCUT2D eigenvalue weighted by atomic mass is 15.1. The Labute approximate surface area is 94.9 Å². The van der Waals surface area contributed by atoms with E-state index in [1.807, 2.05) is 37.1 Å². The highest BCUT2D eigenvalue weighted by Crippen LogP contribution is 2.10. The zero-order valence-corrected chi connectivity index (χ0v) is 9.86. The minimum absolute atomic E-state index is 0.231. The molecule has 0 bridgehead atoms. The molecule has 0 saturated carbocycles. The molecule has 0 spiro atoms. The van der Waals surface area contributed by atoms with Gasteiger partial charge >= 0.3 is 0 Å². The fourth-order valence-corrected chi connectivity index (χ4v) is 1.70. The van der Waals surface area contributed by atoms with E-state index in [-0.39, 0.29) is 6.04 Å². The number of hydrogen-bond donors (Lipinski definition) is 2. The maximum absolute atomic E-state index is 4.32. The van der Waals surface area contributed by atoms with Crippen LogP contribution in [0, 0.1) is 6.92 Å². The van der Waals surface area contributed by atoms with Gasteiger partial charge in [0, 0.05) is 37.2 Å². The average Bonchev–Trinajstić information content (AvgIpc) is 2.84. The fraction of sp³-hybridized carbons (Fsp3) is 0.455. The number of nitrogens with zero attached hydrogens (tertiary/aromatic N) is 3. The van der Waals surface area contributed by atoms with Gasteiger partial charge in [-0.3, -0.25) is 5.10 Å². The molecule has 0 amide bonds. The number of hydrogen-bond acceptors (Lipinski definition) is 3. The molecule has 86 valence electrons. The van der Waals surface area contributed by atoms with Gasteiger partial charge in [-0.25, -0.2) is 4.98 Å². The largest absolute Gasteiger partial charge is 0.337 e. The monoisotopic (exact) mass is 219 g/mol. The molecule has 0 radical (unpaired) electrons. The molecule has 0 aliphatic rings. The van der Waals surface area contributed by atoms with E-state index in [1.165, 1.54) is 5.56 Å². The fourth-order valence-electron chi connectivity index (χ4n) is 1.70. The van der Waals surface area contributed by atoms with Crippen LogP contribution < -0.4 is 5.32 Å². The predicted molar refractivity (Wildman–Crippen MR) is 61.8 cm³/mol. The van der Waals surface area contributed by atoms with Crippen molar-refractivity contribution in [3.8, 4) is 0 Å². The number of aromatic nitrogens is 4.